The number of likely N-dealkylation sites (tertiary alicyclic amines) is 1. The molecular formula is C28H39Br2N3O. The average Bonchev–Trinajstić information content (AvgIpc) is 2.98. The first-order valence-electron chi connectivity index (χ1n) is 12.9. The van der Waals surface area contributed by atoms with Crippen molar-refractivity contribution in [3.8, 4) is 0 Å². The van der Waals surface area contributed by atoms with Crippen molar-refractivity contribution in [1.82, 2.24) is 15.5 Å². The van der Waals surface area contributed by atoms with E-state index in [-0.39, 0.29) is 0 Å². The quantitative estimate of drug-likeness (QED) is 0.433. The Morgan fingerprint density at radius 3 is 2.53 bits per heavy atom. The van der Waals surface area contributed by atoms with E-state index in [0.717, 1.165) is 44.6 Å². The summed E-state index contributed by atoms with van der Waals surface area (Å²) < 4.78 is 2.48. The lowest BCUT2D eigenvalue weighted by atomic mass is 9.73. The minimum absolute atomic E-state index is 0.426. The Morgan fingerprint density at radius 1 is 1.09 bits per heavy atom. The highest BCUT2D eigenvalue weighted by molar-refractivity contribution is 9.12. The Hall–Kier alpha value is -0.950. The molecule has 0 amide bonds. The van der Waals surface area contributed by atoms with Crippen molar-refractivity contribution >= 4 is 38.1 Å². The van der Waals surface area contributed by atoms with Gasteiger partial charge in [0, 0.05) is 27.5 Å². The van der Waals surface area contributed by atoms with Crippen LogP contribution in [0.5, 0.6) is 0 Å². The predicted octanol–water partition coefficient (Wildman–Crippen LogP) is 5.84. The summed E-state index contributed by atoms with van der Waals surface area (Å²) in [7, 11) is 2.25. The summed E-state index contributed by atoms with van der Waals surface area (Å²) in [4.78, 5) is 12.5. The molecule has 0 radical (unpaired) electrons. The monoisotopic (exact) mass is 591 g/mol. The first-order valence-corrected chi connectivity index (χ1v) is 14.5. The van der Waals surface area contributed by atoms with E-state index in [1.54, 1.807) is 16.7 Å². The molecule has 1 aliphatic carbocycles. The molecule has 0 saturated carbocycles. The Kier molecular flexibility index (Phi) is 9.48. The second kappa shape index (κ2) is 12.3. The van der Waals surface area contributed by atoms with Crippen LogP contribution in [0.2, 0.25) is 0 Å². The summed E-state index contributed by atoms with van der Waals surface area (Å²) in [5, 5.41) is 7.00. The number of carbonyl (C=O) groups excluding carboxylic acids is 1. The molecule has 2 atom stereocenters. The van der Waals surface area contributed by atoms with E-state index in [1.807, 2.05) is 0 Å². The summed E-state index contributed by atoms with van der Waals surface area (Å²) in [6, 6.07) is 5.15. The largest absolute Gasteiger partial charge is 0.383 e. The number of rotatable bonds is 3. The number of allylic oxidation sites excluding steroid dienone is 2. The molecule has 2 N–H and O–H groups in total. The van der Waals surface area contributed by atoms with Gasteiger partial charge in [0.1, 0.15) is 6.29 Å². The van der Waals surface area contributed by atoms with Crippen molar-refractivity contribution in [2.24, 2.45) is 11.8 Å². The molecule has 1 aromatic carbocycles. The van der Waals surface area contributed by atoms with Crippen LogP contribution in [0.1, 0.15) is 61.1 Å². The number of aryl methyl sites for hydroxylation is 2. The smallest absolute Gasteiger partial charge is 0.120 e. The Balaban J connectivity index is 0.000000257. The number of nitrogens with one attached hydrogen (secondary N) is 2. The standard InChI is InChI=1S/C21H26Br2N2.C7H13NO/c1-13-9-15-3-4-16-11-17(22)12-24-21(16)20(19(15)18(23)10-13)14-5-7-25(2)8-6-14;9-6-3-7-1-4-8-5-2-7/h9-12,14,20-21,24H,3-8H2,1-2H3;6-8H,1-5H2. The fourth-order valence-corrected chi connectivity index (χ4v) is 7.45. The van der Waals surface area contributed by atoms with Crippen LogP contribution in [0.4, 0.5) is 0 Å². The van der Waals surface area contributed by atoms with Crippen molar-refractivity contribution in [2.45, 2.75) is 63.8 Å². The van der Waals surface area contributed by atoms with Gasteiger partial charge in [0.05, 0.1) is 6.04 Å². The number of nitrogens with zero attached hydrogens (tertiary/aromatic N) is 1. The van der Waals surface area contributed by atoms with Crippen LogP contribution >= 0.6 is 31.9 Å². The van der Waals surface area contributed by atoms with Gasteiger partial charge in [-0.15, -0.1) is 0 Å². The van der Waals surface area contributed by atoms with Gasteiger partial charge in [-0.2, -0.15) is 0 Å². The molecule has 2 unspecified atom stereocenters. The lowest BCUT2D eigenvalue weighted by Gasteiger charge is -2.40. The van der Waals surface area contributed by atoms with Crippen LogP contribution in [-0.2, 0) is 11.2 Å². The van der Waals surface area contributed by atoms with Gasteiger partial charge in [0.2, 0.25) is 0 Å². The third-order valence-electron chi connectivity index (χ3n) is 8.02. The van der Waals surface area contributed by atoms with E-state index >= 15 is 0 Å². The lowest BCUT2D eigenvalue weighted by Crippen LogP contribution is -2.42. The number of piperidine rings is 2. The predicted molar refractivity (Wildman–Crippen MR) is 148 cm³/mol. The maximum atomic E-state index is 10.1. The van der Waals surface area contributed by atoms with Crippen LogP contribution in [0, 0.1) is 18.8 Å². The fourth-order valence-electron chi connectivity index (χ4n) is 6.15. The van der Waals surface area contributed by atoms with E-state index in [1.165, 1.54) is 53.3 Å². The number of fused-ring (bicyclic) bond motifs is 2. The molecule has 0 spiro atoms. The number of aldehydes is 1. The second-order valence-electron chi connectivity index (χ2n) is 10.5. The van der Waals surface area contributed by atoms with Crippen LogP contribution in [-0.4, -0.2) is 50.5 Å². The van der Waals surface area contributed by atoms with Crippen molar-refractivity contribution in [1.29, 1.82) is 0 Å². The minimum Gasteiger partial charge on any atom is -0.383 e. The summed E-state index contributed by atoms with van der Waals surface area (Å²) >= 11 is 7.60. The summed E-state index contributed by atoms with van der Waals surface area (Å²) in [5.41, 5.74) is 6.02. The number of hydrogen-bond donors (Lipinski definition) is 2. The maximum absolute atomic E-state index is 10.1. The van der Waals surface area contributed by atoms with E-state index in [4.69, 9.17) is 0 Å². The molecule has 0 aromatic heterocycles. The first-order chi connectivity index (χ1) is 16.5. The van der Waals surface area contributed by atoms with E-state index in [9.17, 15) is 4.79 Å². The summed E-state index contributed by atoms with van der Waals surface area (Å²) in [6.07, 6.45) is 13.5. The third kappa shape index (κ3) is 6.43. The zero-order chi connectivity index (χ0) is 24.1. The molecule has 2 fully saturated rings. The highest BCUT2D eigenvalue weighted by atomic mass is 79.9. The Bertz CT molecular complexity index is 914. The normalized spacial score (nSPS) is 26.0. The van der Waals surface area contributed by atoms with Gasteiger partial charge < -0.3 is 20.3 Å². The summed E-state index contributed by atoms with van der Waals surface area (Å²) in [6.45, 7) is 6.83. The van der Waals surface area contributed by atoms with E-state index in [0.29, 0.717) is 17.9 Å². The number of halogens is 2. The van der Waals surface area contributed by atoms with Gasteiger partial charge in [-0.1, -0.05) is 22.0 Å². The van der Waals surface area contributed by atoms with Crippen LogP contribution in [0.3, 0.4) is 0 Å². The van der Waals surface area contributed by atoms with Crippen molar-refractivity contribution in [3.05, 3.63) is 55.6 Å². The molecule has 2 saturated heterocycles. The highest BCUT2D eigenvalue weighted by Gasteiger charge is 2.39. The molecule has 34 heavy (non-hydrogen) atoms. The van der Waals surface area contributed by atoms with Gasteiger partial charge in [0.15, 0.2) is 0 Å². The van der Waals surface area contributed by atoms with E-state index in [2.05, 4.69) is 85.8 Å². The molecule has 5 rings (SSSR count). The minimum atomic E-state index is 0.426. The number of benzene rings is 1. The van der Waals surface area contributed by atoms with Gasteiger partial charge in [-0.05, 0) is 141 Å². The number of dihydropyridines is 1. The van der Waals surface area contributed by atoms with Gasteiger partial charge in [0.25, 0.3) is 0 Å². The molecule has 6 heteroatoms. The zero-order valence-electron chi connectivity index (χ0n) is 20.6. The first kappa shape index (κ1) is 26.1. The molecule has 3 aliphatic heterocycles. The fraction of sp³-hybridized carbons (Fsp3) is 0.607. The Morgan fingerprint density at radius 2 is 1.82 bits per heavy atom. The van der Waals surface area contributed by atoms with Crippen LogP contribution in [0.25, 0.3) is 0 Å². The molecule has 0 bridgehead atoms. The second-order valence-corrected chi connectivity index (χ2v) is 12.2. The third-order valence-corrected chi connectivity index (χ3v) is 9.13. The molecule has 186 valence electrons. The number of carbonyl (C=O) groups is 1. The van der Waals surface area contributed by atoms with Gasteiger partial charge in [-0.25, -0.2) is 0 Å². The topological polar surface area (TPSA) is 44.4 Å². The van der Waals surface area contributed by atoms with Crippen LogP contribution < -0.4 is 10.6 Å². The van der Waals surface area contributed by atoms with Crippen molar-refractivity contribution in [2.75, 3.05) is 33.2 Å². The highest BCUT2D eigenvalue weighted by Crippen LogP contribution is 2.46. The maximum Gasteiger partial charge on any atom is 0.120 e. The van der Waals surface area contributed by atoms with Gasteiger partial charge >= 0.3 is 0 Å². The van der Waals surface area contributed by atoms with Crippen LogP contribution in [0.15, 0.2) is 38.9 Å². The SMILES string of the molecule is Cc1cc(Br)c2c(c1)CCC1=CC(Br)=CNC1C2C1CCN(C)CC1.O=CCC1CCNCC1. The molecule has 1 aromatic rings. The molecule has 3 heterocycles. The Labute approximate surface area is 222 Å². The zero-order valence-corrected chi connectivity index (χ0v) is 23.8. The number of hydrogen-bond acceptors (Lipinski definition) is 4. The van der Waals surface area contributed by atoms with Crippen molar-refractivity contribution < 1.29 is 4.79 Å². The molecular weight excluding hydrogens is 554 g/mol. The molecule has 4 aliphatic rings. The van der Waals surface area contributed by atoms with Gasteiger partial charge in [-0.3, -0.25) is 0 Å². The molecule has 4 nitrogen and oxygen atoms in total. The van der Waals surface area contributed by atoms with Crippen molar-refractivity contribution in [3.63, 3.8) is 0 Å². The average molecular weight is 593 g/mol. The van der Waals surface area contributed by atoms with E-state index < -0.39 is 0 Å². The lowest BCUT2D eigenvalue weighted by molar-refractivity contribution is -0.108. The summed E-state index contributed by atoms with van der Waals surface area (Å²) in [5.74, 6) is 1.95.